The summed E-state index contributed by atoms with van der Waals surface area (Å²) >= 11 is 0. The van der Waals surface area contributed by atoms with Crippen molar-refractivity contribution in [1.29, 1.82) is 0 Å². The molecule has 2 aromatic rings. The lowest BCUT2D eigenvalue weighted by Gasteiger charge is -2.24. The van der Waals surface area contributed by atoms with Crippen molar-refractivity contribution in [2.75, 3.05) is 38.1 Å². The van der Waals surface area contributed by atoms with Gasteiger partial charge < -0.3 is 9.80 Å². The van der Waals surface area contributed by atoms with Crippen molar-refractivity contribution in [3.05, 3.63) is 29.2 Å². The van der Waals surface area contributed by atoms with E-state index in [4.69, 9.17) is 0 Å². The molecule has 0 saturated carbocycles. The monoisotopic (exact) mass is 290 g/mol. The largest absolute Gasteiger partial charge is 0.341 e. The third-order valence-electron chi connectivity index (χ3n) is 3.46. The average Bonchev–Trinajstić information content (AvgIpc) is 2.82. The lowest BCUT2D eigenvalue weighted by molar-refractivity contribution is 0.376. The molecule has 0 spiro atoms. The summed E-state index contributed by atoms with van der Waals surface area (Å²) in [4.78, 5) is 23.6. The van der Waals surface area contributed by atoms with E-state index in [1.165, 1.54) is 0 Å². The average molecular weight is 290 g/mol. The Hall–Kier alpha value is -2.15. The zero-order valence-corrected chi connectivity index (χ0v) is 12.8. The normalized spacial score (nSPS) is 11.2. The summed E-state index contributed by atoms with van der Waals surface area (Å²) in [6.07, 6.45) is 3.41. The third kappa shape index (κ3) is 3.30. The molecule has 114 valence electrons. The Balaban J connectivity index is 2.23. The maximum Gasteiger partial charge on any atom is 0.263 e. The van der Waals surface area contributed by atoms with Gasteiger partial charge in [0.25, 0.3) is 5.56 Å². The van der Waals surface area contributed by atoms with E-state index in [1.54, 1.807) is 17.9 Å². The van der Waals surface area contributed by atoms with Crippen LogP contribution in [0.4, 0.5) is 5.95 Å². The van der Waals surface area contributed by atoms with Gasteiger partial charge in [0.1, 0.15) is 5.39 Å². The molecule has 2 rings (SSSR count). The first kappa shape index (κ1) is 15.2. The molecule has 0 bridgehead atoms. The highest BCUT2D eigenvalue weighted by Gasteiger charge is 2.12. The second kappa shape index (κ2) is 6.53. The Morgan fingerprint density at radius 2 is 2.24 bits per heavy atom. The van der Waals surface area contributed by atoms with Gasteiger partial charge in [-0.05, 0) is 14.0 Å². The fourth-order valence-electron chi connectivity index (χ4n) is 2.19. The fourth-order valence-corrected chi connectivity index (χ4v) is 2.19. The summed E-state index contributed by atoms with van der Waals surface area (Å²) in [5.41, 5.74) is 0.452. The van der Waals surface area contributed by atoms with Crippen LogP contribution in [0.1, 0.15) is 6.92 Å². The van der Waals surface area contributed by atoms with E-state index in [9.17, 15) is 4.79 Å². The summed E-state index contributed by atoms with van der Waals surface area (Å²) in [6.45, 7) is 9.03. The summed E-state index contributed by atoms with van der Waals surface area (Å²) < 4.78 is 1.62. The molecule has 0 aliphatic heterocycles. The first-order valence-electron chi connectivity index (χ1n) is 7.03. The molecule has 0 saturated heterocycles. The number of nitrogens with one attached hydrogen (secondary N) is 1. The number of hydrogen-bond acceptors (Lipinski definition) is 5. The highest BCUT2D eigenvalue weighted by Crippen LogP contribution is 2.10. The van der Waals surface area contributed by atoms with Gasteiger partial charge in [-0.25, -0.2) is 0 Å². The number of aryl methyl sites for hydroxylation is 1. The topological polar surface area (TPSA) is 70.1 Å². The van der Waals surface area contributed by atoms with Crippen LogP contribution in [0, 0.1) is 0 Å². The lowest BCUT2D eigenvalue weighted by Crippen LogP contribution is -2.35. The van der Waals surface area contributed by atoms with Crippen LogP contribution in [0.25, 0.3) is 11.0 Å². The van der Waals surface area contributed by atoms with Gasteiger partial charge in [-0.2, -0.15) is 10.1 Å². The smallest absolute Gasteiger partial charge is 0.263 e. The quantitative estimate of drug-likeness (QED) is 0.756. The molecular formula is C14H22N6O. The highest BCUT2D eigenvalue weighted by molar-refractivity contribution is 5.74. The fraction of sp³-hybridized carbons (Fsp3) is 0.500. The van der Waals surface area contributed by atoms with E-state index in [-0.39, 0.29) is 5.56 Å². The van der Waals surface area contributed by atoms with E-state index < -0.39 is 0 Å². The van der Waals surface area contributed by atoms with Gasteiger partial charge in [-0.3, -0.25) is 14.5 Å². The van der Waals surface area contributed by atoms with E-state index in [2.05, 4.69) is 26.5 Å². The molecule has 0 amide bonds. The SMILES string of the molecule is C=CCN(C)CCN(CC)c1nc2c(cnn2C)c(=O)[nH]1. The second-order valence-electron chi connectivity index (χ2n) is 5.03. The minimum atomic E-state index is -0.152. The summed E-state index contributed by atoms with van der Waals surface area (Å²) in [7, 11) is 3.82. The van der Waals surface area contributed by atoms with Crippen LogP contribution < -0.4 is 10.5 Å². The van der Waals surface area contributed by atoms with Crippen LogP contribution >= 0.6 is 0 Å². The van der Waals surface area contributed by atoms with Crippen LogP contribution in [0.15, 0.2) is 23.6 Å². The van der Waals surface area contributed by atoms with Gasteiger partial charge >= 0.3 is 0 Å². The lowest BCUT2D eigenvalue weighted by atomic mass is 10.4. The van der Waals surface area contributed by atoms with Crippen molar-refractivity contribution in [3.8, 4) is 0 Å². The number of anilines is 1. The molecule has 0 atom stereocenters. The van der Waals surface area contributed by atoms with Gasteiger partial charge in [0.05, 0.1) is 6.20 Å². The standard InChI is InChI=1S/C14H22N6O/c1-5-7-18(3)8-9-20(6-2)14-16-12-11(13(21)17-14)10-15-19(12)4/h5,10H,1,6-9H2,2-4H3,(H,16,17,21). The molecule has 0 aliphatic carbocycles. The van der Waals surface area contributed by atoms with E-state index in [1.807, 2.05) is 24.9 Å². The third-order valence-corrected chi connectivity index (χ3v) is 3.46. The maximum absolute atomic E-state index is 12.1. The molecule has 7 heteroatoms. The Morgan fingerprint density at radius 3 is 2.90 bits per heavy atom. The summed E-state index contributed by atoms with van der Waals surface area (Å²) in [5.74, 6) is 0.589. The molecule has 21 heavy (non-hydrogen) atoms. The van der Waals surface area contributed by atoms with Crippen molar-refractivity contribution in [2.45, 2.75) is 6.92 Å². The first-order valence-corrected chi connectivity index (χ1v) is 7.03. The second-order valence-corrected chi connectivity index (χ2v) is 5.03. The van der Waals surface area contributed by atoms with E-state index >= 15 is 0 Å². The number of likely N-dealkylation sites (N-methyl/N-ethyl adjacent to an activating group) is 2. The number of aromatic nitrogens is 4. The zero-order chi connectivity index (χ0) is 15.4. The number of nitrogens with zero attached hydrogens (tertiary/aromatic N) is 5. The predicted molar refractivity (Wildman–Crippen MR) is 84.7 cm³/mol. The number of fused-ring (bicyclic) bond motifs is 1. The number of hydrogen-bond donors (Lipinski definition) is 1. The molecule has 7 nitrogen and oxygen atoms in total. The van der Waals surface area contributed by atoms with Crippen LogP contribution in [-0.4, -0.2) is 57.9 Å². The zero-order valence-electron chi connectivity index (χ0n) is 12.8. The van der Waals surface area contributed by atoms with Crippen LogP contribution in [0.3, 0.4) is 0 Å². The minimum absolute atomic E-state index is 0.152. The molecule has 0 aromatic carbocycles. The Bertz CT molecular complexity index is 674. The molecule has 2 aromatic heterocycles. The van der Waals surface area contributed by atoms with Crippen molar-refractivity contribution >= 4 is 17.0 Å². The van der Waals surface area contributed by atoms with Crippen LogP contribution in [0.5, 0.6) is 0 Å². The van der Waals surface area contributed by atoms with Crippen LogP contribution in [-0.2, 0) is 7.05 Å². The molecular weight excluding hydrogens is 268 g/mol. The van der Waals surface area contributed by atoms with Crippen molar-refractivity contribution in [3.63, 3.8) is 0 Å². The van der Waals surface area contributed by atoms with Gasteiger partial charge in [0, 0.05) is 33.2 Å². The van der Waals surface area contributed by atoms with Gasteiger partial charge in [-0.1, -0.05) is 6.08 Å². The van der Waals surface area contributed by atoms with E-state index in [0.717, 1.165) is 26.2 Å². The summed E-state index contributed by atoms with van der Waals surface area (Å²) in [6, 6.07) is 0. The molecule has 0 fully saturated rings. The minimum Gasteiger partial charge on any atom is -0.341 e. The van der Waals surface area contributed by atoms with Crippen molar-refractivity contribution in [1.82, 2.24) is 24.6 Å². The Morgan fingerprint density at radius 1 is 1.48 bits per heavy atom. The van der Waals surface area contributed by atoms with E-state index in [0.29, 0.717) is 17.0 Å². The Labute approximate surface area is 123 Å². The van der Waals surface area contributed by atoms with Gasteiger partial charge in [-0.15, -0.1) is 6.58 Å². The maximum atomic E-state index is 12.1. The van der Waals surface area contributed by atoms with Crippen LogP contribution in [0.2, 0.25) is 0 Å². The number of aromatic amines is 1. The number of rotatable bonds is 7. The number of H-pyrrole nitrogens is 1. The highest BCUT2D eigenvalue weighted by atomic mass is 16.1. The van der Waals surface area contributed by atoms with Gasteiger partial charge in [0.2, 0.25) is 5.95 Å². The molecule has 0 unspecified atom stereocenters. The summed E-state index contributed by atoms with van der Waals surface area (Å²) in [5, 5.41) is 4.59. The molecule has 2 heterocycles. The van der Waals surface area contributed by atoms with Gasteiger partial charge in [0.15, 0.2) is 5.65 Å². The Kier molecular flexibility index (Phi) is 4.74. The molecule has 0 radical (unpaired) electrons. The van der Waals surface area contributed by atoms with Crippen molar-refractivity contribution < 1.29 is 0 Å². The predicted octanol–water partition coefficient (Wildman–Crippen LogP) is 0.601. The van der Waals surface area contributed by atoms with Crippen molar-refractivity contribution in [2.24, 2.45) is 7.05 Å². The molecule has 0 aliphatic rings. The molecule has 1 N–H and O–H groups in total. The first-order chi connectivity index (χ1) is 10.1.